The Kier molecular flexibility index (Phi) is 8.03. The fourth-order valence-electron chi connectivity index (χ4n) is 2.93. The quantitative estimate of drug-likeness (QED) is 0.449. The molecule has 31 heavy (non-hydrogen) atoms. The number of allylic oxidation sites excluding steroid dienone is 1. The summed E-state index contributed by atoms with van der Waals surface area (Å²) >= 11 is 0. The first-order valence-electron chi connectivity index (χ1n) is 9.94. The van der Waals surface area contributed by atoms with E-state index in [9.17, 15) is 0 Å². The van der Waals surface area contributed by atoms with Crippen LogP contribution in [0.1, 0.15) is 12.5 Å². The third-order valence-electron chi connectivity index (χ3n) is 4.62. The van der Waals surface area contributed by atoms with Crippen LogP contribution in [0.3, 0.4) is 0 Å². The Bertz CT molecular complexity index is 1040. The summed E-state index contributed by atoms with van der Waals surface area (Å²) in [5, 5.41) is 4.18. The molecule has 0 spiro atoms. The van der Waals surface area contributed by atoms with Crippen molar-refractivity contribution in [3.63, 3.8) is 0 Å². The van der Waals surface area contributed by atoms with Crippen molar-refractivity contribution in [3.05, 3.63) is 54.5 Å². The number of aromatic nitrogens is 2. The van der Waals surface area contributed by atoms with E-state index < -0.39 is 0 Å². The first-order chi connectivity index (χ1) is 15.2. The van der Waals surface area contributed by atoms with Crippen LogP contribution >= 0.6 is 0 Å². The molecular formula is C23H28N4O4. The van der Waals surface area contributed by atoms with E-state index >= 15 is 0 Å². The molecule has 1 aromatic heterocycles. The van der Waals surface area contributed by atoms with E-state index in [4.69, 9.17) is 24.7 Å². The second-order valence-electron chi connectivity index (χ2n) is 6.78. The molecule has 0 saturated carbocycles. The van der Waals surface area contributed by atoms with Crippen molar-refractivity contribution in [1.82, 2.24) is 9.97 Å². The molecule has 2 aromatic carbocycles. The van der Waals surface area contributed by atoms with Gasteiger partial charge in [-0.05, 0) is 42.5 Å². The molecule has 8 heteroatoms. The average Bonchev–Trinajstić information content (AvgIpc) is 2.79. The summed E-state index contributed by atoms with van der Waals surface area (Å²) in [4.78, 5) is 8.84. The van der Waals surface area contributed by atoms with E-state index in [1.807, 2.05) is 43.3 Å². The number of hydrogen-bond donors (Lipinski definition) is 2. The van der Waals surface area contributed by atoms with E-state index in [0.29, 0.717) is 43.7 Å². The minimum atomic E-state index is 0.395. The van der Waals surface area contributed by atoms with Crippen LogP contribution in [0.25, 0.3) is 16.5 Å². The topological polar surface area (TPSA) is 101 Å². The van der Waals surface area contributed by atoms with Crippen LogP contribution in [0.15, 0.2) is 48.9 Å². The van der Waals surface area contributed by atoms with Gasteiger partial charge in [-0.25, -0.2) is 9.97 Å². The molecule has 0 unspecified atom stereocenters. The smallest absolute Gasteiger partial charge is 0.163 e. The molecule has 164 valence electrons. The molecule has 3 rings (SSSR count). The number of nitrogens with two attached hydrogens (primary N) is 1. The van der Waals surface area contributed by atoms with Gasteiger partial charge >= 0.3 is 0 Å². The van der Waals surface area contributed by atoms with Crippen molar-refractivity contribution < 1.29 is 18.9 Å². The summed E-state index contributed by atoms with van der Waals surface area (Å²) < 4.78 is 21.9. The number of ether oxygens (including phenoxy) is 4. The van der Waals surface area contributed by atoms with E-state index in [-0.39, 0.29) is 0 Å². The van der Waals surface area contributed by atoms with Gasteiger partial charge in [0.25, 0.3) is 0 Å². The van der Waals surface area contributed by atoms with Crippen LogP contribution in [0.2, 0.25) is 0 Å². The average molecular weight is 425 g/mol. The van der Waals surface area contributed by atoms with Gasteiger partial charge < -0.3 is 30.0 Å². The lowest BCUT2D eigenvalue weighted by atomic mass is 10.1. The molecule has 0 atom stereocenters. The number of nitrogens with one attached hydrogen (secondary N) is 1. The molecule has 0 aliphatic rings. The zero-order chi connectivity index (χ0) is 22.1. The van der Waals surface area contributed by atoms with E-state index in [0.717, 1.165) is 27.7 Å². The molecule has 3 N–H and O–H groups in total. The van der Waals surface area contributed by atoms with Crippen LogP contribution in [-0.2, 0) is 9.47 Å². The van der Waals surface area contributed by atoms with Crippen molar-refractivity contribution in [2.45, 2.75) is 6.92 Å². The predicted molar refractivity (Wildman–Crippen MR) is 122 cm³/mol. The summed E-state index contributed by atoms with van der Waals surface area (Å²) in [7, 11) is 3.26. The minimum Gasteiger partial charge on any atom is -0.487 e. The van der Waals surface area contributed by atoms with Crippen LogP contribution in [0.5, 0.6) is 11.5 Å². The molecular weight excluding hydrogens is 396 g/mol. The monoisotopic (exact) mass is 424 g/mol. The van der Waals surface area contributed by atoms with Gasteiger partial charge in [0.15, 0.2) is 11.5 Å². The highest BCUT2D eigenvalue weighted by molar-refractivity contribution is 5.93. The number of methoxy groups -OCH3 is 2. The van der Waals surface area contributed by atoms with Gasteiger partial charge in [0.05, 0.1) is 18.7 Å². The molecule has 0 bridgehead atoms. The zero-order valence-electron chi connectivity index (χ0n) is 18.1. The Morgan fingerprint density at radius 3 is 2.35 bits per heavy atom. The van der Waals surface area contributed by atoms with Gasteiger partial charge in [0.2, 0.25) is 0 Å². The standard InChI is InChI=1S/C23H28N4O4/c1-16(14-24)17-5-4-6-18(11-17)27-23-19-12-21(30-9-7-28-2)22(31-10-8-29-3)13-20(19)25-15-26-23/h4-6,11-15H,7-10,24H2,1-3H3,(H,25,26,27). The lowest BCUT2D eigenvalue weighted by Gasteiger charge is -2.15. The molecule has 0 radical (unpaired) electrons. The number of benzene rings is 2. The summed E-state index contributed by atoms with van der Waals surface area (Å²) in [6, 6.07) is 11.7. The van der Waals surface area contributed by atoms with Crippen molar-refractivity contribution in [2.24, 2.45) is 5.73 Å². The van der Waals surface area contributed by atoms with Gasteiger partial charge in [-0.3, -0.25) is 0 Å². The van der Waals surface area contributed by atoms with Gasteiger partial charge in [-0.2, -0.15) is 0 Å². The lowest BCUT2D eigenvalue weighted by molar-refractivity contribution is 0.132. The van der Waals surface area contributed by atoms with Gasteiger partial charge in [-0.1, -0.05) is 12.1 Å². The van der Waals surface area contributed by atoms with Crippen LogP contribution < -0.4 is 20.5 Å². The van der Waals surface area contributed by atoms with Crippen LogP contribution in [0, 0.1) is 0 Å². The second kappa shape index (κ2) is 11.1. The van der Waals surface area contributed by atoms with Crippen molar-refractivity contribution in [3.8, 4) is 11.5 Å². The Labute approximate surface area is 182 Å². The molecule has 1 heterocycles. The lowest BCUT2D eigenvalue weighted by Crippen LogP contribution is -2.09. The Morgan fingerprint density at radius 1 is 0.968 bits per heavy atom. The first-order valence-corrected chi connectivity index (χ1v) is 9.94. The second-order valence-corrected chi connectivity index (χ2v) is 6.78. The van der Waals surface area contributed by atoms with Crippen LogP contribution in [0.4, 0.5) is 11.5 Å². The van der Waals surface area contributed by atoms with Crippen molar-refractivity contribution in [1.29, 1.82) is 0 Å². The number of nitrogens with zero attached hydrogens (tertiary/aromatic N) is 2. The number of anilines is 2. The molecule has 0 amide bonds. The van der Waals surface area contributed by atoms with Crippen LogP contribution in [-0.4, -0.2) is 50.6 Å². The predicted octanol–water partition coefficient (Wildman–Crippen LogP) is 3.74. The summed E-state index contributed by atoms with van der Waals surface area (Å²) in [5.74, 6) is 1.85. The zero-order valence-corrected chi connectivity index (χ0v) is 18.1. The maximum atomic E-state index is 5.89. The third kappa shape index (κ3) is 5.84. The molecule has 0 aliphatic carbocycles. The summed E-state index contributed by atoms with van der Waals surface area (Å²) in [6.45, 7) is 3.70. The Morgan fingerprint density at radius 2 is 1.68 bits per heavy atom. The highest BCUT2D eigenvalue weighted by Crippen LogP contribution is 2.35. The van der Waals surface area contributed by atoms with Gasteiger partial charge in [0, 0.05) is 31.4 Å². The third-order valence-corrected chi connectivity index (χ3v) is 4.62. The van der Waals surface area contributed by atoms with E-state index in [1.54, 1.807) is 20.4 Å². The largest absolute Gasteiger partial charge is 0.487 e. The molecule has 0 saturated heterocycles. The number of rotatable bonds is 11. The van der Waals surface area contributed by atoms with E-state index in [2.05, 4.69) is 15.3 Å². The Balaban J connectivity index is 1.96. The fourth-order valence-corrected chi connectivity index (χ4v) is 2.93. The van der Waals surface area contributed by atoms with Gasteiger partial charge in [-0.15, -0.1) is 0 Å². The highest BCUT2D eigenvalue weighted by atomic mass is 16.5. The molecule has 8 nitrogen and oxygen atoms in total. The van der Waals surface area contributed by atoms with Gasteiger partial charge in [0.1, 0.15) is 25.4 Å². The summed E-state index contributed by atoms with van der Waals surface area (Å²) in [6.07, 6.45) is 3.11. The number of fused-ring (bicyclic) bond motifs is 1. The molecule has 0 fully saturated rings. The Hall–Kier alpha value is -3.36. The number of hydrogen-bond acceptors (Lipinski definition) is 8. The first kappa shape index (κ1) is 22.3. The SMILES string of the molecule is COCCOc1cc2ncnc(Nc3cccc(C(C)=CN)c3)c2cc1OCCOC. The maximum Gasteiger partial charge on any atom is 0.163 e. The molecule has 0 aliphatic heterocycles. The maximum absolute atomic E-state index is 5.89. The van der Waals surface area contributed by atoms with Crippen molar-refractivity contribution >= 4 is 28.0 Å². The fraction of sp³-hybridized carbons (Fsp3) is 0.304. The summed E-state index contributed by atoms with van der Waals surface area (Å²) in [5.41, 5.74) is 9.30. The minimum absolute atomic E-state index is 0.395. The highest BCUT2D eigenvalue weighted by Gasteiger charge is 2.13. The van der Waals surface area contributed by atoms with Crippen molar-refractivity contribution in [2.75, 3.05) is 46.0 Å². The molecule has 3 aromatic rings. The van der Waals surface area contributed by atoms with E-state index in [1.165, 1.54) is 6.33 Å². The normalized spacial score (nSPS) is 11.5.